The smallest absolute Gasteiger partial charge is 0.416 e. The van der Waals surface area contributed by atoms with Gasteiger partial charge in [-0.1, -0.05) is 19.1 Å². The molecule has 2 rings (SSSR count). The van der Waals surface area contributed by atoms with Crippen LogP contribution in [0.3, 0.4) is 0 Å². The second-order valence-electron chi connectivity index (χ2n) is 5.40. The van der Waals surface area contributed by atoms with E-state index in [9.17, 15) is 18.0 Å². The van der Waals surface area contributed by atoms with Crippen LogP contribution in [0.4, 0.5) is 13.2 Å². The monoisotopic (exact) mass is 359 g/mol. The van der Waals surface area contributed by atoms with E-state index < -0.39 is 17.8 Å². The van der Waals surface area contributed by atoms with Crippen LogP contribution in [0, 0.1) is 0 Å². The van der Waals surface area contributed by atoms with Gasteiger partial charge in [0, 0.05) is 13.5 Å². The number of thioether (sulfide) groups is 1. The second kappa shape index (κ2) is 7.96. The molecule has 1 atom stereocenters. The second-order valence-corrected chi connectivity index (χ2v) is 6.63. The number of ether oxygens (including phenoxy) is 1. The van der Waals surface area contributed by atoms with Gasteiger partial charge in [0.25, 0.3) is 0 Å². The van der Waals surface area contributed by atoms with Gasteiger partial charge in [0.2, 0.25) is 5.78 Å². The van der Waals surface area contributed by atoms with Crippen LogP contribution in [0.1, 0.15) is 30.9 Å². The average Bonchev–Trinajstić information content (AvgIpc) is 2.87. The first-order valence-corrected chi connectivity index (χ1v) is 8.92. The van der Waals surface area contributed by atoms with E-state index in [0.29, 0.717) is 6.42 Å². The molecule has 0 fully saturated rings. The Bertz CT molecular complexity index is 629. The van der Waals surface area contributed by atoms with E-state index in [4.69, 9.17) is 4.74 Å². The summed E-state index contributed by atoms with van der Waals surface area (Å²) in [6.07, 6.45) is -3.49. The summed E-state index contributed by atoms with van der Waals surface area (Å²) in [6, 6.07) is 4.78. The Morgan fingerprint density at radius 1 is 1.29 bits per heavy atom. The van der Waals surface area contributed by atoms with E-state index in [1.807, 2.05) is 0 Å². The summed E-state index contributed by atoms with van der Waals surface area (Å²) >= 11 is 1.73. The summed E-state index contributed by atoms with van der Waals surface area (Å²) in [6.45, 7) is 2.08. The van der Waals surface area contributed by atoms with Crippen LogP contribution in [0.25, 0.3) is 5.57 Å². The van der Waals surface area contributed by atoms with Crippen LogP contribution < -0.4 is 5.32 Å². The van der Waals surface area contributed by atoms with Gasteiger partial charge in [-0.25, -0.2) is 0 Å². The van der Waals surface area contributed by atoms with Crippen molar-refractivity contribution in [1.82, 2.24) is 5.32 Å². The number of Topliss-reactive ketones (excluding diaryl/α,β-unsaturated/α-hetero) is 1. The lowest BCUT2D eigenvalue weighted by atomic mass is 9.98. The van der Waals surface area contributed by atoms with Crippen molar-refractivity contribution in [2.75, 3.05) is 18.6 Å². The molecule has 0 amide bonds. The molecule has 0 radical (unpaired) electrons. The highest BCUT2D eigenvalue weighted by atomic mass is 32.2. The van der Waals surface area contributed by atoms with Crippen molar-refractivity contribution in [3.05, 3.63) is 41.3 Å². The number of benzene rings is 1. The molecule has 1 aliphatic rings. The quantitative estimate of drug-likeness (QED) is 0.744. The van der Waals surface area contributed by atoms with Gasteiger partial charge in [-0.05, 0) is 35.6 Å². The molecule has 24 heavy (non-hydrogen) atoms. The van der Waals surface area contributed by atoms with Crippen molar-refractivity contribution >= 4 is 23.1 Å². The van der Waals surface area contributed by atoms with Gasteiger partial charge in [0.1, 0.15) is 0 Å². The Hall–Kier alpha value is -1.63. The van der Waals surface area contributed by atoms with Gasteiger partial charge in [0.15, 0.2) is 12.0 Å². The SMILES string of the molecule is CCCSCCC1OC(NC)=C(c2cccc(C(F)(F)F)c2)C1=O. The van der Waals surface area contributed by atoms with Gasteiger partial charge >= 0.3 is 6.18 Å². The van der Waals surface area contributed by atoms with Crippen LogP contribution in [-0.4, -0.2) is 30.4 Å². The Labute approximate surface area is 143 Å². The molecule has 1 unspecified atom stereocenters. The third kappa shape index (κ3) is 4.26. The molecule has 1 aromatic rings. The van der Waals surface area contributed by atoms with E-state index in [1.165, 1.54) is 12.1 Å². The first kappa shape index (κ1) is 18.7. The van der Waals surface area contributed by atoms with Crippen LogP contribution >= 0.6 is 11.8 Å². The van der Waals surface area contributed by atoms with Gasteiger partial charge in [-0.2, -0.15) is 24.9 Å². The highest BCUT2D eigenvalue weighted by Crippen LogP contribution is 2.35. The minimum Gasteiger partial charge on any atom is -0.467 e. The summed E-state index contributed by atoms with van der Waals surface area (Å²) < 4.78 is 44.3. The Balaban J connectivity index is 2.20. The van der Waals surface area contributed by atoms with Gasteiger partial charge in [0.05, 0.1) is 11.1 Å². The van der Waals surface area contributed by atoms with E-state index in [2.05, 4.69) is 12.2 Å². The zero-order valence-corrected chi connectivity index (χ0v) is 14.4. The van der Waals surface area contributed by atoms with Crippen molar-refractivity contribution in [2.24, 2.45) is 0 Å². The number of carbonyl (C=O) groups excluding carboxylic acids is 1. The van der Waals surface area contributed by atoms with Crippen LogP contribution in [-0.2, 0) is 15.7 Å². The third-order valence-corrected chi connectivity index (χ3v) is 4.83. The number of rotatable bonds is 7. The normalized spacial score (nSPS) is 18.0. The average molecular weight is 359 g/mol. The van der Waals surface area contributed by atoms with Crippen molar-refractivity contribution in [3.63, 3.8) is 0 Å². The predicted octanol–water partition coefficient (Wildman–Crippen LogP) is 4.09. The minimum atomic E-state index is -4.45. The molecule has 0 aliphatic carbocycles. The number of ketones is 1. The summed E-state index contributed by atoms with van der Waals surface area (Å²) in [7, 11) is 1.59. The maximum Gasteiger partial charge on any atom is 0.416 e. The van der Waals surface area contributed by atoms with Crippen molar-refractivity contribution in [1.29, 1.82) is 0 Å². The topological polar surface area (TPSA) is 38.3 Å². The van der Waals surface area contributed by atoms with Crippen LogP contribution in [0.15, 0.2) is 30.1 Å². The molecule has 3 nitrogen and oxygen atoms in total. The fraction of sp³-hybridized carbons (Fsp3) is 0.471. The zero-order valence-electron chi connectivity index (χ0n) is 13.6. The standard InChI is InChI=1S/C17H20F3NO2S/c1-3-8-24-9-7-13-15(22)14(16(21-2)23-13)11-5-4-6-12(10-11)17(18,19)20/h4-6,10,13,21H,3,7-9H2,1-2H3. The Kier molecular flexibility index (Phi) is 6.21. The van der Waals surface area contributed by atoms with Crippen molar-refractivity contribution in [3.8, 4) is 0 Å². The predicted molar refractivity (Wildman–Crippen MR) is 89.5 cm³/mol. The summed E-state index contributed by atoms with van der Waals surface area (Å²) in [5.74, 6) is 1.76. The zero-order chi connectivity index (χ0) is 17.7. The molecule has 0 saturated carbocycles. The minimum absolute atomic E-state index is 0.189. The third-order valence-electron chi connectivity index (χ3n) is 3.60. The number of nitrogens with one attached hydrogen (secondary N) is 1. The number of hydrogen-bond donors (Lipinski definition) is 1. The highest BCUT2D eigenvalue weighted by molar-refractivity contribution is 7.99. The van der Waals surface area contributed by atoms with Crippen LogP contribution in [0.2, 0.25) is 0 Å². The maximum atomic E-state index is 12.9. The van der Waals surface area contributed by atoms with Gasteiger partial charge in [-0.3, -0.25) is 4.79 Å². The summed E-state index contributed by atoms with van der Waals surface area (Å²) in [5.41, 5.74) is -0.366. The molecule has 1 aliphatic heterocycles. The Morgan fingerprint density at radius 2 is 2.04 bits per heavy atom. The molecular formula is C17H20F3NO2S. The first-order chi connectivity index (χ1) is 11.4. The molecule has 1 heterocycles. The molecule has 0 aromatic heterocycles. The lowest BCUT2D eigenvalue weighted by Gasteiger charge is -2.10. The molecule has 0 spiro atoms. The number of hydrogen-bond acceptors (Lipinski definition) is 4. The fourth-order valence-corrected chi connectivity index (χ4v) is 3.34. The number of alkyl halides is 3. The maximum absolute atomic E-state index is 12.9. The molecule has 7 heteroatoms. The van der Waals surface area contributed by atoms with Crippen LogP contribution in [0.5, 0.6) is 0 Å². The van der Waals surface area contributed by atoms with E-state index in [-0.39, 0.29) is 22.8 Å². The summed E-state index contributed by atoms with van der Waals surface area (Å²) in [5, 5.41) is 2.78. The number of halogens is 3. The van der Waals surface area contributed by atoms with Crippen molar-refractivity contribution in [2.45, 2.75) is 32.0 Å². The van der Waals surface area contributed by atoms with Gasteiger partial charge < -0.3 is 10.1 Å². The lowest BCUT2D eigenvalue weighted by Crippen LogP contribution is -2.19. The van der Waals surface area contributed by atoms with E-state index >= 15 is 0 Å². The molecular weight excluding hydrogens is 339 g/mol. The molecule has 132 valence electrons. The van der Waals surface area contributed by atoms with Crippen molar-refractivity contribution < 1.29 is 22.7 Å². The molecule has 1 aromatic carbocycles. The molecule has 0 saturated heterocycles. The number of carbonyl (C=O) groups is 1. The van der Waals surface area contributed by atoms with Gasteiger partial charge in [-0.15, -0.1) is 0 Å². The first-order valence-electron chi connectivity index (χ1n) is 7.76. The highest BCUT2D eigenvalue weighted by Gasteiger charge is 2.37. The van der Waals surface area contributed by atoms with E-state index in [1.54, 1.807) is 18.8 Å². The molecule has 1 N–H and O–H groups in total. The summed E-state index contributed by atoms with van der Waals surface area (Å²) in [4.78, 5) is 12.6. The Morgan fingerprint density at radius 3 is 2.67 bits per heavy atom. The lowest BCUT2D eigenvalue weighted by molar-refractivity contribution is -0.137. The molecule has 0 bridgehead atoms. The largest absolute Gasteiger partial charge is 0.467 e. The van der Waals surface area contributed by atoms with E-state index in [0.717, 1.165) is 30.1 Å². The fourth-order valence-electron chi connectivity index (χ4n) is 2.46.